The Balaban J connectivity index is 1.88. The molecule has 2 aromatic rings. The van der Waals surface area contributed by atoms with Crippen molar-refractivity contribution in [3.05, 3.63) is 57.5 Å². The number of fused-ring (bicyclic) bond motifs is 1. The molecule has 2 aliphatic rings. The van der Waals surface area contributed by atoms with Gasteiger partial charge >= 0.3 is 0 Å². The lowest BCUT2D eigenvalue weighted by atomic mass is 9.79. The second-order valence-electron chi connectivity index (χ2n) is 6.13. The van der Waals surface area contributed by atoms with Crippen LogP contribution in [0.25, 0.3) is 5.69 Å². The number of allylic oxidation sites excluding steroid dienone is 2. The molecule has 4 rings (SSSR count). The smallest absolute Gasteiger partial charge is 0.277 e. The highest BCUT2D eigenvalue weighted by atomic mass is 16.1. The van der Waals surface area contributed by atoms with Crippen LogP contribution in [0.15, 0.2) is 46.4 Å². The zero-order valence-electron chi connectivity index (χ0n) is 13.1. The first-order chi connectivity index (χ1) is 11.2. The van der Waals surface area contributed by atoms with Gasteiger partial charge in [-0.05, 0) is 31.4 Å². The Morgan fingerprint density at radius 3 is 2.70 bits per heavy atom. The average Bonchev–Trinajstić information content (AvgIpc) is 2.91. The number of para-hydroxylation sites is 1. The van der Waals surface area contributed by atoms with Crippen LogP contribution in [0.1, 0.15) is 44.1 Å². The third-order valence-electron chi connectivity index (χ3n) is 4.78. The number of carbonyl (C=O) groups excluding carboxylic acids is 1. The lowest BCUT2D eigenvalue weighted by molar-refractivity contribution is -0.116. The average molecular weight is 309 g/mol. The summed E-state index contributed by atoms with van der Waals surface area (Å²) in [7, 11) is 0. The number of carbonyl (C=O) groups is 1. The van der Waals surface area contributed by atoms with Gasteiger partial charge in [0.25, 0.3) is 5.56 Å². The first kappa shape index (κ1) is 14.1. The number of nitrogens with one attached hydrogen (secondary N) is 2. The monoisotopic (exact) mass is 309 g/mol. The molecule has 5 nitrogen and oxygen atoms in total. The van der Waals surface area contributed by atoms with Crippen molar-refractivity contribution in [1.82, 2.24) is 9.78 Å². The maximum atomic E-state index is 12.9. The number of nitrogens with zero attached hydrogens (tertiary/aromatic N) is 1. The number of hydrogen-bond donors (Lipinski definition) is 2. The van der Waals surface area contributed by atoms with Crippen LogP contribution in [0, 0.1) is 0 Å². The maximum absolute atomic E-state index is 12.9. The summed E-state index contributed by atoms with van der Waals surface area (Å²) in [5, 5.41) is 6.48. The van der Waals surface area contributed by atoms with E-state index in [1.807, 2.05) is 37.3 Å². The van der Waals surface area contributed by atoms with E-state index in [-0.39, 0.29) is 17.3 Å². The van der Waals surface area contributed by atoms with Gasteiger partial charge in [0.1, 0.15) is 5.82 Å². The van der Waals surface area contributed by atoms with E-state index >= 15 is 0 Å². The lowest BCUT2D eigenvalue weighted by Crippen LogP contribution is -2.29. The van der Waals surface area contributed by atoms with Gasteiger partial charge in [-0.2, -0.15) is 0 Å². The molecular weight excluding hydrogens is 290 g/mol. The Morgan fingerprint density at radius 1 is 1.17 bits per heavy atom. The highest BCUT2D eigenvalue weighted by molar-refractivity contribution is 6.00. The third kappa shape index (κ3) is 2.07. The van der Waals surface area contributed by atoms with Crippen LogP contribution in [0.3, 0.4) is 0 Å². The van der Waals surface area contributed by atoms with Crippen molar-refractivity contribution in [2.24, 2.45) is 0 Å². The molecule has 0 unspecified atom stereocenters. The largest absolute Gasteiger partial charge is 0.343 e. The highest BCUT2D eigenvalue weighted by Gasteiger charge is 2.36. The second-order valence-corrected chi connectivity index (χ2v) is 6.13. The second kappa shape index (κ2) is 5.26. The summed E-state index contributed by atoms with van der Waals surface area (Å²) in [5.41, 5.74) is 3.22. The molecule has 0 saturated carbocycles. The Kier molecular flexibility index (Phi) is 3.22. The van der Waals surface area contributed by atoms with Gasteiger partial charge in [-0.1, -0.05) is 25.1 Å². The zero-order chi connectivity index (χ0) is 16.0. The van der Waals surface area contributed by atoms with Gasteiger partial charge in [0, 0.05) is 23.6 Å². The first-order valence-corrected chi connectivity index (χ1v) is 8.14. The summed E-state index contributed by atoms with van der Waals surface area (Å²) in [6, 6.07) is 9.51. The molecule has 0 saturated heterocycles. The number of H-pyrrole nitrogens is 1. The molecule has 0 fully saturated rings. The van der Waals surface area contributed by atoms with Crippen LogP contribution < -0.4 is 10.9 Å². The third-order valence-corrected chi connectivity index (χ3v) is 4.78. The van der Waals surface area contributed by atoms with Crippen molar-refractivity contribution >= 4 is 11.6 Å². The lowest BCUT2D eigenvalue weighted by Gasteiger charge is -2.30. The zero-order valence-corrected chi connectivity index (χ0v) is 13.1. The number of Topliss-reactive ketones (excluding diaryl/α,β-unsaturated/α-hetero) is 1. The molecule has 1 atom stereocenters. The van der Waals surface area contributed by atoms with E-state index in [0.29, 0.717) is 12.0 Å². The molecule has 0 spiro atoms. The minimum atomic E-state index is -0.109. The number of anilines is 1. The molecule has 118 valence electrons. The van der Waals surface area contributed by atoms with Gasteiger partial charge in [0.05, 0.1) is 11.3 Å². The quantitative estimate of drug-likeness (QED) is 0.896. The van der Waals surface area contributed by atoms with Crippen LogP contribution in [-0.2, 0) is 4.79 Å². The van der Waals surface area contributed by atoms with Crippen LogP contribution in [-0.4, -0.2) is 15.6 Å². The number of hydrogen-bond acceptors (Lipinski definition) is 3. The van der Waals surface area contributed by atoms with Gasteiger partial charge in [-0.25, -0.2) is 4.68 Å². The van der Waals surface area contributed by atoms with Crippen molar-refractivity contribution in [3.8, 4) is 5.69 Å². The van der Waals surface area contributed by atoms with Gasteiger partial charge in [0.2, 0.25) is 0 Å². The SMILES string of the molecule is CC[C@H]1C2=C(CCCC2=O)Nc2[nH]n(-c3ccccc3)c(=O)c21. The van der Waals surface area contributed by atoms with E-state index in [4.69, 9.17) is 0 Å². The fourth-order valence-corrected chi connectivity index (χ4v) is 3.73. The fourth-order valence-electron chi connectivity index (χ4n) is 3.73. The topological polar surface area (TPSA) is 66.9 Å². The van der Waals surface area contributed by atoms with Crippen LogP contribution in [0.5, 0.6) is 0 Å². The minimum Gasteiger partial charge on any atom is -0.343 e. The molecular formula is C18H19N3O2. The van der Waals surface area contributed by atoms with Gasteiger partial charge in [-0.15, -0.1) is 0 Å². The van der Waals surface area contributed by atoms with E-state index in [0.717, 1.165) is 42.0 Å². The number of rotatable bonds is 2. The summed E-state index contributed by atoms with van der Waals surface area (Å²) in [6.07, 6.45) is 3.08. The molecule has 2 heterocycles. The van der Waals surface area contributed by atoms with Gasteiger partial charge in [0.15, 0.2) is 5.78 Å². The molecule has 2 N–H and O–H groups in total. The predicted molar refractivity (Wildman–Crippen MR) is 88.9 cm³/mol. The van der Waals surface area contributed by atoms with E-state index < -0.39 is 0 Å². The fraction of sp³-hybridized carbons (Fsp3) is 0.333. The normalized spacial score (nSPS) is 20.0. The van der Waals surface area contributed by atoms with Crippen molar-refractivity contribution in [1.29, 1.82) is 0 Å². The first-order valence-electron chi connectivity index (χ1n) is 8.14. The minimum absolute atomic E-state index is 0.0736. The molecule has 0 amide bonds. The summed E-state index contributed by atoms with van der Waals surface area (Å²) < 4.78 is 1.56. The number of ketones is 1. The Morgan fingerprint density at radius 2 is 1.96 bits per heavy atom. The molecule has 1 aromatic heterocycles. The van der Waals surface area contributed by atoms with Crippen LogP contribution in [0.2, 0.25) is 0 Å². The maximum Gasteiger partial charge on any atom is 0.277 e. The Labute approximate surface area is 134 Å². The van der Waals surface area contributed by atoms with Crippen LogP contribution >= 0.6 is 0 Å². The predicted octanol–water partition coefficient (Wildman–Crippen LogP) is 3.09. The van der Waals surface area contributed by atoms with Crippen LogP contribution in [0.4, 0.5) is 5.82 Å². The summed E-state index contributed by atoms with van der Waals surface area (Å²) >= 11 is 0. The molecule has 5 heteroatoms. The molecule has 0 radical (unpaired) electrons. The Bertz CT molecular complexity index is 858. The number of aromatic amines is 1. The Hall–Kier alpha value is -2.56. The van der Waals surface area contributed by atoms with Crippen molar-refractivity contribution in [2.75, 3.05) is 5.32 Å². The summed E-state index contributed by atoms with van der Waals surface area (Å²) in [6.45, 7) is 2.03. The van der Waals surface area contributed by atoms with Crippen molar-refractivity contribution < 1.29 is 4.79 Å². The summed E-state index contributed by atoms with van der Waals surface area (Å²) in [5.74, 6) is 0.810. The molecule has 23 heavy (non-hydrogen) atoms. The van der Waals surface area contributed by atoms with E-state index in [1.54, 1.807) is 4.68 Å². The number of benzene rings is 1. The van der Waals surface area contributed by atoms with E-state index in [9.17, 15) is 9.59 Å². The van der Waals surface area contributed by atoms with Gasteiger partial charge < -0.3 is 5.32 Å². The van der Waals surface area contributed by atoms with Crippen molar-refractivity contribution in [3.63, 3.8) is 0 Å². The molecule has 1 aliphatic carbocycles. The summed E-state index contributed by atoms with van der Waals surface area (Å²) in [4.78, 5) is 25.3. The highest BCUT2D eigenvalue weighted by Crippen LogP contribution is 2.41. The molecule has 1 aliphatic heterocycles. The molecule has 0 bridgehead atoms. The molecule has 1 aromatic carbocycles. The van der Waals surface area contributed by atoms with E-state index in [1.165, 1.54) is 0 Å². The standard InChI is InChI=1S/C18H19N3O2/c1-2-12-15-13(9-6-10-14(15)22)19-17-16(12)18(23)21(20-17)11-7-4-3-5-8-11/h3-5,7-8,12,19-20H,2,6,9-10H2,1H3/t12-/m0/s1. The number of aromatic nitrogens is 2. The van der Waals surface area contributed by atoms with Gasteiger partial charge in [-0.3, -0.25) is 14.7 Å². The van der Waals surface area contributed by atoms with Crippen molar-refractivity contribution in [2.45, 2.75) is 38.5 Å². The van der Waals surface area contributed by atoms with E-state index in [2.05, 4.69) is 10.4 Å².